The third kappa shape index (κ3) is 3.88. The van der Waals surface area contributed by atoms with Crippen LogP contribution in [0.1, 0.15) is 20.9 Å². The lowest BCUT2D eigenvalue weighted by atomic mass is 10.1. The summed E-state index contributed by atoms with van der Waals surface area (Å²) in [5.41, 5.74) is 7.39. The maximum Gasteiger partial charge on any atom is 0.312 e. The van der Waals surface area contributed by atoms with Crippen molar-refractivity contribution in [2.75, 3.05) is 0 Å². The molecular formula is C17H16N4O2S. The first-order chi connectivity index (χ1) is 11.6. The number of rotatable bonds is 5. The second-order valence-corrected chi connectivity index (χ2v) is 6.29. The average Bonchev–Trinajstić information content (AvgIpc) is 3.01. The summed E-state index contributed by atoms with van der Waals surface area (Å²) in [4.78, 5) is 27.3. The van der Waals surface area contributed by atoms with Crippen molar-refractivity contribution in [2.45, 2.75) is 13.1 Å². The van der Waals surface area contributed by atoms with Crippen molar-refractivity contribution in [3.63, 3.8) is 0 Å². The zero-order chi connectivity index (χ0) is 16.9. The Morgan fingerprint density at radius 1 is 1.00 bits per heavy atom. The number of nitrogens with two attached hydrogens (primary N) is 1. The number of para-hydroxylation sites is 1. The van der Waals surface area contributed by atoms with Crippen molar-refractivity contribution in [3.05, 3.63) is 64.7 Å². The van der Waals surface area contributed by atoms with Gasteiger partial charge in [-0.3, -0.25) is 4.79 Å². The Hall–Kier alpha value is -2.93. The first-order valence-corrected chi connectivity index (χ1v) is 8.18. The number of amides is 3. The fourth-order valence-corrected chi connectivity index (χ4v) is 3.12. The Morgan fingerprint density at radius 2 is 1.75 bits per heavy atom. The first kappa shape index (κ1) is 15.9. The summed E-state index contributed by atoms with van der Waals surface area (Å²) >= 11 is 1.57. The second kappa shape index (κ2) is 7.10. The van der Waals surface area contributed by atoms with Gasteiger partial charge in [-0.1, -0.05) is 24.3 Å². The molecule has 0 radical (unpaired) electrons. The van der Waals surface area contributed by atoms with Crippen molar-refractivity contribution < 1.29 is 9.59 Å². The minimum absolute atomic E-state index is 0.163. The number of aromatic nitrogens is 1. The summed E-state index contributed by atoms with van der Waals surface area (Å²) in [6, 6.07) is 14.3. The molecule has 1 aromatic heterocycles. The zero-order valence-electron chi connectivity index (χ0n) is 12.8. The molecule has 4 N–H and O–H groups in total. The maximum absolute atomic E-state index is 12.2. The van der Waals surface area contributed by atoms with Gasteiger partial charge in [0.15, 0.2) is 0 Å². The highest BCUT2D eigenvalue weighted by atomic mass is 32.1. The molecule has 0 unspecified atom stereocenters. The van der Waals surface area contributed by atoms with Crippen LogP contribution in [0.4, 0.5) is 4.79 Å². The van der Waals surface area contributed by atoms with Gasteiger partial charge in [-0.15, -0.1) is 11.3 Å². The molecule has 0 aliphatic rings. The van der Waals surface area contributed by atoms with E-state index in [1.165, 1.54) is 0 Å². The molecule has 0 saturated heterocycles. The Labute approximate surface area is 142 Å². The molecule has 1 heterocycles. The van der Waals surface area contributed by atoms with E-state index in [9.17, 15) is 9.59 Å². The van der Waals surface area contributed by atoms with Crippen LogP contribution in [0.2, 0.25) is 0 Å². The van der Waals surface area contributed by atoms with Crippen LogP contribution in [0.15, 0.2) is 48.5 Å². The van der Waals surface area contributed by atoms with Crippen LogP contribution in [0, 0.1) is 0 Å². The van der Waals surface area contributed by atoms with E-state index in [0.717, 1.165) is 20.8 Å². The summed E-state index contributed by atoms with van der Waals surface area (Å²) in [7, 11) is 0. The topological polar surface area (TPSA) is 97.1 Å². The number of hydrogen-bond donors (Lipinski definition) is 3. The quantitative estimate of drug-likeness (QED) is 0.665. The van der Waals surface area contributed by atoms with E-state index in [1.807, 2.05) is 24.3 Å². The van der Waals surface area contributed by atoms with Crippen LogP contribution in [0.3, 0.4) is 0 Å². The fraction of sp³-hybridized carbons (Fsp3) is 0.118. The number of carbonyl (C=O) groups excluding carboxylic acids is 2. The molecule has 3 rings (SSSR count). The summed E-state index contributed by atoms with van der Waals surface area (Å²) < 4.78 is 1.10. The van der Waals surface area contributed by atoms with Gasteiger partial charge in [0.1, 0.15) is 5.01 Å². The Morgan fingerprint density at radius 3 is 2.46 bits per heavy atom. The summed E-state index contributed by atoms with van der Waals surface area (Å²) in [5, 5.41) is 6.23. The lowest BCUT2D eigenvalue weighted by Crippen LogP contribution is -2.28. The van der Waals surface area contributed by atoms with Gasteiger partial charge in [0.2, 0.25) is 0 Å². The highest BCUT2D eigenvalue weighted by Gasteiger charge is 2.08. The molecule has 122 valence electrons. The molecule has 0 aliphatic heterocycles. The summed E-state index contributed by atoms with van der Waals surface area (Å²) in [5.74, 6) is -0.163. The highest BCUT2D eigenvalue weighted by Crippen LogP contribution is 2.21. The van der Waals surface area contributed by atoms with Gasteiger partial charge in [-0.05, 0) is 29.8 Å². The van der Waals surface area contributed by atoms with Crippen molar-refractivity contribution in [3.8, 4) is 0 Å². The zero-order valence-corrected chi connectivity index (χ0v) is 13.6. The maximum atomic E-state index is 12.2. The van der Waals surface area contributed by atoms with Crippen LogP contribution in [0.5, 0.6) is 0 Å². The fourth-order valence-electron chi connectivity index (χ4n) is 2.22. The molecule has 0 fully saturated rings. The van der Waals surface area contributed by atoms with E-state index in [0.29, 0.717) is 18.7 Å². The smallest absolute Gasteiger partial charge is 0.312 e. The minimum Gasteiger partial charge on any atom is -0.352 e. The molecule has 0 saturated carbocycles. The number of thiazole rings is 1. The summed E-state index contributed by atoms with van der Waals surface area (Å²) in [6.45, 7) is 0.728. The number of nitrogens with zero attached hydrogens (tertiary/aromatic N) is 1. The van der Waals surface area contributed by atoms with Gasteiger partial charge in [0.05, 0.1) is 16.8 Å². The molecule has 0 spiro atoms. The van der Waals surface area contributed by atoms with Gasteiger partial charge in [0, 0.05) is 12.1 Å². The molecular weight excluding hydrogens is 324 g/mol. The van der Waals surface area contributed by atoms with Crippen LogP contribution < -0.4 is 16.4 Å². The number of nitrogens with one attached hydrogen (secondary N) is 2. The van der Waals surface area contributed by atoms with E-state index < -0.39 is 6.03 Å². The third-order valence-electron chi connectivity index (χ3n) is 3.42. The largest absolute Gasteiger partial charge is 0.352 e. The number of primary amides is 1. The first-order valence-electron chi connectivity index (χ1n) is 7.37. The van der Waals surface area contributed by atoms with Crippen molar-refractivity contribution >= 4 is 33.5 Å². The SMILES string of the molecule is NC(=O)NCc1ccc(C(=O)NCc2nc3ccccc3s2)cc1. The number of urea groups is 1. The molecule has 24 heavy (non-hydrogen) atoms. The Kier molecular flexibility index (Phi) is 4.72. The van der Waals surface area contributed by atoms with E-state index in [2.05, 4.69) is 15.6 Å². The standard InChI is InChI=1S/C17H16N4O2S/c18-17(23)20-9-11-5-7-12(8-6-11)16(22)19-10-15-21-13-3-1-2-4-14(13)24-15/h1-8H,9-10H2,(H,19,22)(H3,18,20,23). The highest BCUT2D eigenvalue weighted by molar-refractivity contribution is 7.18. The number of hydrogen-bond acceptors (Lipinski definition) is 4. The molecule has 0 aliphatic carbocycles. The van der Waals surface area contributed by atoms with Crippen molar-refractivity contribution in [1.82, 2.24) is 15.6 Å². The molecule has 0 atom stereocenters. The van der Waals surface area contributed by atoms with Crippen LogP contribution in [0.25, 0.3) is 10.2 Å². The van der Waals surface area contributed by atoms with E-state index in [-0.39, 0.29) is 5.91 Å². The molecule has 2 aromatic carbocycles. The molecule has 3 amide bonds. The van der Waals surface area contributed by atoms with Crippen molar-refractivity contribution in [1.29, 1.82) is 0 Å². The van der Waals surface area contributed by atoms with Crippen LogP contribution >= 0.6 is 11.3 Å². The monoisotopic (exact) mass is 340 g/mol. The lowest BCUT2D eigenvalue weighted by molar-refractivity contribution is 0.0951. The molecule has 3 aromatic rings. The number of fused-ring (bicyclic) bond motifs is 1. The van der Waals surface area contributed by atoms with Crippen LogP contribution in [-0.4, -0.2) is 16.9 Å². The summed E-state index contributed by atoms with van der Waals surface area (Å²) in [6.07, 6.45) is 0. The molecule has 6 nitrogen and oxygen atoms in total. The second-order valence-electron chi connectivity index (χ2n) is 5.17. The molecule has 0 bridgehead atoms. The third-order valence-corrected chi connectivity index (χ3v) is 4.46. The van der Waals surface area contributed by atoms with Crippen molar-refractivity contribution in [2.24, 2.45) is 5.73 Å². The number of benzene rings is 2. The van der Waals surface area contributed by atoms with Gasteiger partial charge in [-0.25, -0.2) is 9.78 Å². The minimum atomic E-state index is -0.576. The van der Waals surface area contributed by atoms with E-state index in [1.54, 1.807) is 35.6 Å². The van der Waals surface area contributed by atoms with Gasteiger partial charge >= 0.3 is 6.03 Å². The van der Waals surface area contributed by atoms with Gasteiger partial charge in [0.25, 0.3) is 5.91 Å². The molecule has 7 heteroatoms. The van der Waals surface area contributed by atoms with Gasteiger partial charge in [-0.2, -0.15) is 0 Å². The predicted octanol–water partition coefficient (Wildman–Crippen LogP) is 2.39. The van der Waals surface area contributed by atoms with Gasteiger partial charge < -0.3 is 16.4 Å². The number of carbonyl (C=O) groups is 2. The van der Waals surface area contributed by atoms with E-state index in [4.69, 9.17) is 5.73 Å². The predicted molar refractivity (Wildman–Crippen MR) is 93.7 cm³/mol. The van der Waals surface area contributed by atoms with E-state index >= 15 is 0 Å². The Balaban J connectivity index is 1.59. The van der Waals surface area contributed by atoms with Crippen LogP contribution in [-0.2, 0) is 13.1 Å². The Bertz CT molecular complexity index is 841. The normalized spacial score (nSPS) is 10.5. The average molecular weight is 340 g/mol. The lowest BCUT2D eigenvalue weighted by Gasteiger charge is -2.05.